The molecule has 1 fully saturated rings. The Morgan fingerprint density at radius 2 is 2.22 bits per heavy atom. The third-order valence-electron chi connectivity index (χ3n) is 4.81. The minimum Gasteiger partial charge on any atom is -0.375 e. The lowest BCUT2D eigenvalue weighted by Gasteiger charge is -2.40. The highest BCUT2D eigenvalue weighted by atomic mass is 16.5. The minimum absolute atomic E-state index is 0.0517. The first-order valence-electron chi connectivity index (χ1n) is 8.02. The largest absolute Gasteiger partial charge is 0.375 e. The number of carbonyl (C=O) groups is 1. The average molecular weight is 316 g/mol. The fraction of sp³-hybridized carbons (Fsp3) is 0.588. The van der Waals surface area contributed by atoms with Crippen LogP contribution < -0.4 is 0 Å². The van der Waals surface area contributed by atoms with Gasteiger partial charge in [-0.25, -0.2) is 4.98 Å². The van der Waals surface area contributed by atoms with Crippen molar-refractivity contribution < 1.29 is 9.53 Å². The number of rotatable bonds is 3. The number of aryl methyl sites for hydroxylation is 2. The maximum Gasteiger partial charge on any atom is 0.248 e. The zero-order valence-electron chi connectivity index (χ0n) is 14.3. The number of aromatic nitrogens is 3. The van der Waals surface area contributed by atoms with Crippen LogP contribution in [0.5, 0.6) is 0 Å². The summed E-state index contributed by atoms with van der Waals surface area (Å²) < 4.78 is 6.82. The van der Waals surface area contributed by atoms with Crippen LogP contribution in [0.4, 0.5) is 0 Å². The number of pyridine rings is 1. The van der Waals surface area contributed by atoms with E-state index < -0.39 is 0 Å². The van der Waals surface area contributed by atoms with Crippen molar-refractivity contribution in [2.75, 3.05) is 26.8 Å². The molecule has 6 nitrogen and oxygen atoms in total. The predicted molar refractivity (Wildman–Crippen MR) is 88.3 cm³/mol. The highest BCUT2D eigenvalue weighted by molar-refractivity contribution is 5.79. The number of methoxy groups -OCH3 is 1. The Kier molecular flexibility index (Phi) is 4.10. The van der Waals surface area contributed by atoms with E-state index in [1.165, 1.54) is 0 Å². The molecule has 0 bridgehead atoms. The minimum atomic E-state index is -0.131. The molecule has 0 N–H and O–H groups in total. The third-order valence-corrected chi connectivity index (χ3v) is 4.81. The standard InChI is InChI=1S/C17H24N4O2/c1-12-13-6-7-14(18-16(13)20(3)19-12)17(2)8-5-9-21(11-17)15(22)10-23-4/h6-7H,5,8-11H2,1-4H3. The first-order chi connectivity index (χ1) is 10.9. The fourth-order valence-electron chi connectivity index (χ4n) is 3.52. The van der Waals surface area contributed by atoms with Crippen LogP contribution in [0.1, 0.15) is 31.2 Å². The van der Waals surface area contributed by atoms with Crippen molar-refractivity contribution in [1.82, 2.24) is 19.7 Å². The topological polar surface area (TPSA) is 60.2 Å². The SMILES string of the molecule is COCC(=O)N1CCCC(C)(c2ccc3c(C)nn(C)c3n2)C1. The van der Waals surface area contributed by atoms with E-state index in [1.807, 2.05) is 23.6 Å². The number of amides is 1. The summed E-state index contributed by atoms with van der Waals surface area (Å²) in [6.45, 7) is 5.81. The van der Waals surface area contributed by atoms with Crippen LogP contribution in [-0.4, -0.2) is 52.4 Å². The number of fused-ring (bicyclic) bond motifs is 1. The molecule has 124 valence electrons. The van der Waals surface area contributed by atoms with Gasteiger partial charge in [-0.15, -0.1) is 0 Å². The highest BCUT2D eigenvalue weighted by Gasteiger charge is 2.36. The van der Waals surface area contributed by atoms with Gasteiger partial charge in [0, 0.05) is 38.0 Å². The smallest absolute Gasteiger partial charge is 0.248 e. The molecule has 2 aromatic heterocycles. The lowest BCUT2D eigenvalue weighted by atomic mass is 9.78. The van der Waals surface area contributed by atoms with Gasteiger partial charge in [0.05, 0.1) is 11.4 Å². The molecular weight excluding hydrogens is 292 g/mol. The molecule has 23 heavy (non-hydrogen) atoms. The van der Waals surface area contributed by atoms with Gasteiger partial charge in [-0.3, -0.25) is 9.48 Å². The molecule has 1 atom stereocenters. The molecule has 1 unspecified atom stereocenters. The van der Waals surface area contributed by atoms with Gasteiger partial charge in [-0.1, -0.05) is 6.92 Å². The predicted octanol–water partition coefficient (Wildman–Crippen LogP) is 1.80. The van der Waals surface area contributed by atoms with Crippen LogP contribution in [-0.2, 0) is 22.0 Å². The Morgan fingerprint density at radius 3 is 2.96 bits per heavy atom. The molecule has 0 spiro atoms. The molecule has 0 radical (unpaired) electrons. The molecule has 1 aliphatic rings. The van der Waals surface area contributed by atoms with Crippen molar-refractivity contribution in [3.05, 3.63) is 23.5 Å². The van der Waals surface area contributed by atoms with E-state index in [2.05, 4.69) is 24.2 Å². The maximum absolute atomic E-state index is 12.2. The fourth-order valence-corrected chi connectivity index (χ4v) is 3.52. The van der Waals surface area contributed by atoms with Crippen LogP contribution in [0.3, 0.4) is 0 Å². The molecule has 6 heteroatoms. The quantitative estimate of drug-likeness (QED) is 0.866. The van der Waals surface area contributed by atoms with Crippen LogP contribution in [0, 0.1) is 6.92 Å². The van der Waals surface area contributed by atoms with Crippen LogP contribution >= 0.6 is 0 Å². The van der Waals surface area contributed by atoms with E-state index in [1.54, 1.807) is 7.11 Å². The molecule has 2 aromatic rings. The molecular formula is C17H24N4O2. The Morgan fingerprint density at radius 1 is 1.43 bits per heavy atom. The number of likely N-dealkylation sites (tertiary alicyclic amines) is 1. The Balaban J connectivity index is 1.92. The molecule has 1 aliphatic heterocycles. The van der Waals surface area contributed by atoms with Gasteiger partial charge in [-0.2, -0.15) is 5.10 Å². The highest BCUT2D eigenvalue weighted by Crippen LogP contribution is 2.33. The van der Waals surface area contributed by atoms with Gasteiger partial charge in [0.1, 0.15) is 6.61 Å². The van der Waals surface area contributed by atoms with Crippen molar-refractivity contribution in [3.8, 4) is 0 Å². The zero-order chi connectivity index (χ0) is 16.6. The summed E-state index contributed by atoms with van der Waals surface area (Å²) in [5.74, 6) is 0.0517. The maximum atomic E-state index is 12.2. The number of hydrogen-bond donors (Lipinski definition) is 0. The molecule has 1 amide bonds. The number of hydrogen-bond acceptors (Lipinski definition) is 4. The lowest BCUT2D eigenvalue weighted by molar-refractivity contribution is -0.137. The normalized spacial score (nSPS) is 21.8. The van der Waals surface area contributed by atoms with Gasteiger partial charge in [0.2, 0.25) is 5.91 Å². The van der Waals surface area contributed by atoms with Crippen molar-refractivity contribution in [1.29, 1.82) is 0 Å². The van der Waals surface area contributed by atoms with Crippen molar-refractivity contribution in [2.45, 2.75) is 32.1 Å². The molecule has 3 rings (SSSR count). The van der Waals surface area contributed by atoms with E-state index in [0.29, 0.717) is 6.54 Å². The summed E-state index contributed by atoms with van der Waals surface area (Å²) in [4.78, 5) is 18.9. The monoisotopic (exact) mass is 316 g/mol. The summed E-state index contributed by atoms with van der Waals surface area (Å²) in [5.41, 5.74) is 2.80. The number of piperidine rings is 1. The van der Waals surface area contributed by atoms with E-state index >= 15 is 0 Å². The average Bonchev–Trinajstić information content (AvgIpc) is 2.82. The summed E-state index contributed by atoms with van der Waals surface area (Å²) in [5, 5.41) is 5.53. The summed E-state index contributed by atoms with van der Waals surface area (Å²) in [7, 11) is 3.48. The van der Waals surface area contributed by atoms with E-state index in [9.17, 15) is 4.79 Å². The Labute approximate surface area is 136 Å². The molecule has 3 heterocycles. The van der Waals surface area contributed by atoms with E-state index in [0.717, 1.165) is 41.8 Å². The number of ether oxygens (including phenoxy) is 1. The summed E-state index contributed by atoms with van der Waals surface area (Å²) >= 11 is 0. The second-order valence-electron chi connectivity index (χ2n) is 6.69. The third kappa shape index (κ3) is 2.83. The second kappa shape index (κ2) is 5.92. The Hall–Kier alpha value is -1.95. The molecule has 1 saturated heterocycles. The number of nitrogens with zero attached hydrogens (tertiary/aromatic N) is 4. The first-order valence-corrected chi connectivity index (χ1v) is 8.02. The van der Waals surface area contributed by atoms with E-state index in [-0.39, 0.29) is 17.9 Å². The van der Waals surface area contributed by atoms with Crippen LogP contribution in [0.15, 0.2) is 12.1 Å². The summed E-state index contributed by atoms with van der Waals surface area (Å²) in [6, 6.07) is 4.18. The zero-order valence-corrected chi connectivity index (χ0v) is 14.3. The Bertz CT molecular complexity index is 740. The number of carbonyl (C=O) groups excluding carboxylic acids is 1. The molecule has 0 aromatic carbocycles. The van der Waals surface area contributed by atoms with Crippen molar-refractivity contribution >= 4 is 16.9 Å². The molecule has 0 aliphatic carbocycles. The van der Waals surface area contributed by atoms with Gasteiger partial charge < -0.3 is 9.64 Å². The van der Waals surface area contributed by atoms with Crippen LogP contribution in [0.2, 0.25) is 0 Å². The van der Waals surface area contributed by atoms with Gasteiger partial charge in [-0.05, 0) is 31.9 Å². The first kappa shape index (κ1) is 15.9. The van der Waals surface area contributed by atoms with Gasteiger partial charge in [0.25, 0.3) is 0 Å². The summed E-state index contributed by atoms with van der Waals surface area (Å²) in [6.07, 6.45) is 2.01. The van der Waals surface area contributed by atoms with Crippen LogP contribution in [0.25, 0.3) is 11.0 Å². The van der Waals surface area contributed by atoms with Gasteiger partial charge in [0.15, 0.2) is 5.65 Å². The van der Waals surface area contributed by atoms with E-state index in [4.69, 9.17) is 9.72 Å². The molecule has 0 saturated carbocycles. The lowest BCUT2D eigenvalue weighted by Crippen LogP contribution is -2.48. The van der Waals surface area contributed by atoms with Gasteiger partial charge >= 0.3 is 0 Å². The second-order valence-corrected chi connectivity index (χ2v) is 6.69. The van der Waals surface area contributed by atoms with Crippen molar-refractivity contribution in [2.24, 2.45) is 7.05 Å². The van der Waals surface area contributed by atoms with Crippen molar-refractivity contribution in [3.63, 3.8) is 0 Å².